The molecule has 3 rings (SSSR count). The van der Waals surface area contributed by atoms with Crippen LogP contribution in [0.2, 0.25) is 0 Å². The van der Waals surface area contributed by atoms with Crippen LogP contribution in [0.25, 0.3) is 0 Å². The first-order chi connectivity index (χ1) is 11.3. The van der Waals surface area contributed by atoms with Gasteiger partial charge in [-0.1, -0.05) is 37.1 Å². The first kappa shape index (κ1) is 16.2. The van der Waals surface area contributed by atoms with Gasteiger partial charge in [0.1, 0.15) is 11.5 Å². The van der Waals surface area contributed by atoms with Crippen molar-refractivity contribution in [1.29, 1.82) is 0 Å². The molecule has 23 heavy (non-hydrogen) atoms. The van der Waals surface area contributed by atoms with Crippen molar-refractivity contribution in [3.8, 4) is 11.5 Å². The predicted octanol–water partition coefficient (Wildman–Crippen LogP) is 4.33. The van der Waals surface area contributed by atoms with Crippen molar-refractivity contribution in [2.45, 2.75) is 43.9 Å². The fourth-order valence-corrected chi connectivity index (χ4v) is 3.70. The second-order valence-electron chi connectivity index (χ2n) is 5.74. The lowest BCUT2D eigenvalue weighted by Crippen LogP contribution is -2.08. The Morgan fingerprint density at radius 3 is 2.83 bits per heavy atom. The van der Waals surface area contributed by atoms with Crippen LogP contribution < -0.4 is 9.47 Å². The second-order valence-corrected chi connectivity index (χ2v) is 6.72. The van der Waals surface area contributed by atoms with Crippen molar-refractivity contribution in [3.05, 3.63) is 30.2 Å². The molecule has 1 heterocycles. The molecule has 124 valence electrons. The molecule has 0 N–H and O–H groups in total. The molecular weight excluding hydrogens is 312 g/mol. The maximum Gasteiger partial charge on any atom is 0.276 e. The topological polar surface area (TPSA) is 57.4 Å². The van der Waals surface area contributed by atoms with E-state index in [1.54, 1.807) is 18.9 Å². The van der Waals surface area contributed by atoms with Crippen LogP contribution in [-0.4, -0.2) is 23.1 Å². The molecule has 0 aliphatic heterocycles. The maximum absolute atomic E-state index is 5.66. The molecule has 0 bridgehead atoms. The van der Waals surface area contributed by atoms with Gasteiger partial charge in [-0.05, 0) is 30.9 Å². The zero-order valence-corrected chi connectivity index (χ0v) is 14.2. The van der Waals surface area contributed by atoms with Crippen LogP contribution in [0.15, 0.2) is 33.9 Å². The molecule has 0 radical (unpaired) electrons. The van der Waals surface area contributed by atoms with Crippen molar-refractivity contribution in [3.63, 3.8) is 0 Å². The van der Waals surface area contributed by atoms with Gasteiger partial charge >= 0.3 is 0 Å². The largest absolute Gasteiger partial charge is 0.497 e. The van der Waals surface area contributed by atoms with E-state index in [9.17, 15) is 0 Å². The minimum absolute atomic E-state index is 0.268. The van der Waals surface area contributed by atoms with E-state index >= 15 is 0 Å². The first-order valence-electron chi connectivity index (χ1n) is 8.05. The van der Waals surface area contributed by atoms with Crippen molar-refractivity contribution in [1.82, 2.24) is 10.2 Å². The van der Waals surface area contributed by atoms with E-state index in [2.05, 4.69) is 10.2 Å². The molecule has 0 spiro atoms. The Bertz CT molecular complexity index is 611. The van der Waals surface area contributed by atoms with Gasteiger partial charge in [0.15, 0.2) is 6.61 Å². The molecule has 1 aliphatic carbocycles. The van der Waals surface area contributed by atoms with E-state index in [-0.39, 0.29) is 6.61 Å². The Morgan fingerprint density at radius 2 is 2.00 bits per heavy atom. The van der Waals surface area contributed by atoms with Crippen LogP contribution in [0.5, 0.6) is 11.5 Å². The first-order valence-corrected chi connectivity index (χ1v) is 9.04. The summed E-state index contributed by atoms with van der Waals surface area (Å²) in [5, 5.41) is 8.77. The number of rotatable bonds is 7. The summed E-state index contributed by atoms with van der Waals surface area (Å²) in [5.74, 6) is 3.84. The molecule has 0 amide bonds. The molecule has 1 aromatic carbocycles. The molecular formula is C17H22N2O3S. The lowest BCUT2D eigenvalue weighted by Gasteiger charge is -2.19. The Morgan fingerprint density at radius 1 is 1.17 bits per heavy atom. The monoisotopic (exact) mass is 334 g/mol. The minimum atomic E-state index is 0.268. The zero-order valence-electron chi connectivity index (χ0n) is 13.4. The maximum atomic E-state index is 5.66. The molecule has 1 aromatic heterocycles. The van der Waals surface area contributed by atoms with Crippen LogP contribution in [0.3, 0.4) is 0 Å². The van der Waals surface area contributed by atoms with Gasteiger partial charge in [-0.15, -0.1) is 10.2 Å². The van der Waals surface area contributed by atoms with Gasteiger partial charge < -0.3 is 13.9 Å². The molecule has 6 heteroatoms. The molecule has 0 unspecified atom stereocenters. The highest BCUT2D eigenvalue weighted by Crippen LogP contribution is 2.29. The van der Waals surface area contributed by atoms with Gasteiger partial charge in [0.2, 0.25) is 0 Å². The van der Waals surface area contributed by atoms with Gasteiger partial charge in [-0.25, -0.2) is 0 Å². The average Bonchev–Trinajstić information content (AvgIpc) is 3.07. The SMILES string of the molecule is COc1cccc(OCc2nnc(SCC3CCCCC3)o2)c1. The average molecular weight is 334 g/mol. The highest BCUT2D eigenvalue weighted by Gasteiger charge is 2.15. The van der Waals surface area contributed by atoms with Gasteiger partial charge in [0.05, 0.1) is 7.11 Å². The summed E-state index contributed by atoms with van der Waals surface area (Å²) in [6.07, 6.45) is 6.75. The Labute approximate surface area is 140 Å². The van der Waals surface area contributed by atoms with Crippen molar-refractivity contribution >= 4 is 11.8 Å². The standard InChI is InChI=1S/C17H22N2O3S/c1-20-14-8-5-9-15(10-14)21-11-16-18-19-17(22-16)23-12-13-6-3-2-4-7-13/h5,8-10,13H,2-4,6-7,11-12H2,1H3. The van der Waals surface area contributed by atoms with Gasteiger partial charge in [-0.3, -0.25) is 0 Å². The number of aromatic nitrogens is 2. The van der Waals surface area contributed by atoms with Crippen LogP contribution >= 0.6 is 11.8 Å². The molecule has 2 aromatic rings. The van der Waals surface area contributed by atoms with E-state index in [0.29, 0.717) is 11.1 Å². The quantitative estimate of drug-likeness (QED) is 0.703. The summed E-state index contributed by atoms with van der Waals surface area (Å²) >= 11 is 1.66. The highest BCUT2D eigenvalue weighted by atomic mass is 32.2. The third-order valence-electron chi connectivity index (χ3n) is 4.02. The lowest BCUT2D eigenvalue weighted by molar-refractivity contribution is 0.251. The molecule has 5 nitrogen and oxygen atoms in total. The Balaban J connectivity index is 1.46. The summed E-state index contributed by atoms with van der Waals surface area (Å²) in [7, 11) is 1.63. The van der Waals surface area contributed by atoms with Crippen molar-refractivity contribution in [2.75, 3.05) is 12.9 Å². The molecule has 0 atom stereocenters. The normalized spacial score (nSPS) is 15.5. The second kappa shape index (κ2) is 8.24. The van der Waals surface area contributed by atoms with E-state index in [1.165, 1.54) is 32.1 Å². The number of nitrogens with zero attached hydrogens (tertiary/aromatic N) is 2. The van der Waals surface area contributed by atoms with Crippen molar-refractivity contribution < 1.29 is 13.9 Å². The number of hydrogen-bond acceptors (Lipinski definition) is 6. The molecule has 1 aliphatic rings. The minimum Gasteiger partial charge on any atom is -0.497 e. The lowest BCUT2D eigenvalue weighted by atomic mass is 9.91. The Hall–Kier alpha value is -1.69. The van der Waals surface area contributed by atoms with E-state index in [0.717, 1.165) is 23.2 Å². The summed E-state index contributed by atoms with van der Waals surface area (Å²) in [4.78, 5) is 0. The van der Waals surface area contributed by atoms with Crippen LogP contribution in [0.4, 0.5) is 0 Å². The third kappa shape index (κ3) is 4.89. The summed E-state index contributed by atoms with van der Waals surface area (Å²) in [6, 6.07) is 7.46. The number of ether oxygens (including phenoxy) is 2. The fraction of sp³-hybridized carbons (Fsp3) is 0.529. The third-order valence-corrected chi connectivity index (χ3v) is 5.07. The van der Waals surface area contributed by atoms with Gasteiger partial charge in [0.25, 0.3) is 11.1 Å². The highest BCUT2D eigenvalue weighted by molar-refractivity contribution is 7.99. The molecule has 1 saturated carbocycles. The number of thioether (sulfide) groups is 1. The summed E-state index contributed by atoms with van der Waals surface area (Å²) in [5.41, 5.74) is 0. The predicted molar refractivity (Wildman–Crippen MR) is 88.9 cm³/mol. The van der Waals surface area contributed by atoms with Gasteiger partial charge in [0, 0.05) is 11.8 Å². The summed E-state index contributed by atoms with van der Waals surface area (Å²) in [6.45, 7) is 0.268. The smallest absolute Gasteiger partial charge is 0.276 e. The fourth-order valence-electron chi connectivity index (χ4n) is 2.73. The van der Waals surface area contributed by atoms with Crippen molar-refractivity contribution in [2.24, 2.45) is 5.92 Å². The number of hydrogen-bond donors (Lipinski definition) is 0. The van der Waals surface area contributed by atoms with Gasteiger partial charge in [-0.2, -0.15) is 0 Å². The van der Waals surface area contributed by atoms with Crippen LogP contribution in [0.1, 0.15) is 38.0 Å². The van der Waals surface area contributed by atoms with E-state index < -0.39 is 0 Å². The number of benzene rings is 1. The number of methoxy groups -OCH3 is 1. The molecule has 1 fully saturated rings. The molecule has 0 saturated heterocycles. The summed E-state index contributed by atoms with van der Waals surface area (Å²) < 4.78 is 16.5. The van der Waals surface area contributed by atoms with Crippen LogP contribution in [0, 0.1) is 5.92 Å². The Kier molecular flexibility index (Phi) is 5.80. The van der Waals surface area contributed by atoms with E-state index in [1.807, 2.05) is 24.3 Å². The van der Waals surface area contributed by atoms with Crippen LogP contribution in [-0.2, 0) is 6.61 Å². The zero-order chi connectivity index (χ0) is 15.9. The van der Waals surface area contributed by atoms with E-state index in [4.69, 9.17) is 13.9 Å².